The lowest BCUT2D eigenvalue weighted by atomic mass is 9.89. The molecule has 2 aliphatic rings. The zero-order chi connectivity index (χ0) is 13.6. The summed E-state index contributed by atoms with van der Waals surface area (Å²) < 4.78 is 0. The summed E-state index contributed by atoms with van der Waals surface area (Å²) in [5.74, 6) is -0.307. The molecule has 0 saturated carbocycles. The van der Waals surface area contributed by atoms with Crippen LogP contribution in [-0.4, -0.2) is 23.5 Å². The van der Waals surface area contributed by atoms with Crippen molar-refractivity contribution in [2.45, 2.75) is 31.5 Å². The molecular weight excluding hydrogens is 266 g/mol. The van der Waals surface area contributed by atoms with Gasteiger partial charge in [-0.2, -0.15) is 0 Å². The van der Waals surface area contributed by atoms with Crippen LogP contribution in [0.15, 0.2) is 18.2 Å². The maximum absolute atomic E-state index is 12.2. The minimum Gasteiger partial charge on any atom is -0.362 e. The Hall–Kier alpha value is -1.75. The molecule has 2 unspecified atom stereocenters. The average Bonchev–Trinajstić information content (AvgIpc) is 2.25. The van der Waals surface area contributed by atoms with Gasteiger partial charge in [0, 0.05) is 12.5 Å². The summed E-state index contributed by atoms with van der Waals surface area (Å²) in [5, 5.41) is 9.41. The van der Waals surface area contributed by atoms with Crippen LogP contribution in [0.3, 0.4) is 0 Å². The second kappa shape index (κ2) is 4.13. The maximum Gasteiger partial charge on any atom is 0.256 e. The van der Waals surface area contributed by atoms with E-state index in [9.17, 15) is 9.59 Å². The standard InChI is InChI=1S/C13H14ClN3O2/c1-7-5-13(6-10(18)15-7)16-9-4-2-3-8(14)11(9)12(19)17-13/h2-4,7,16H,5-6H2,1H3,(H,15,18)(H,17,19). The fraction of sp³-hybridized carbons (Fsp3) is 0.385. The third kappa shape index (κ3) is 2.04. The molecule has 2 heterocycles. The number of carbonyl (C=O) groups is 2. The van der Waals surface area contributed by atoms with E-state index in [2.05, 4.69) is 16.0 Å². The Labute approximate surface area is 115 Å². The summed E-state index contributed by atoms with van der Waals surface area (Å²) in [7, 11) is 0. The predicted octanol–water partition coefficient (Wildman–Crippen LogP) is 1.49. The highest BCUT2D eigenvalue weighted by Crippen LogP contribution is 2.34. The van der Waals surface area contributed by atoms with Crippen molar-refractivity contribution in [1.82, 2.24) is 10.6 Å². The lowest BCUT2D eigenvalue weighted by Crippen LogP contribution is -2.65. The molecule has 3 N–H and O–H groups in total. The van der Waals surface area contributed by atoms with E-state index in [1.807, 2.05) is 6.92 Å². The highest BCUT2D eigenvalue weighted by molar-refractivity contribution is 6.34. The van der Waals surface area contributed by atoms with E-state index in [0.717, 1.165) is 0 Å². The number of halogens is 1. The minimum absolute atomic E-state index is 0.00906. The van der Waals surface area contributed by atoms with E-state index in [0.29, 0.717) is 22.7 Å². The van der Waals surface area contributed by atoms with Crippen molar-refractivity contribution >= 4 is 29.1 Å². The number of rotatable bonds is 0. The molecule has 2 aliphatic heterocycles. The Balaban J connectivity index is 2.01. The van der Waals surface area contributed by atoms with Gasteiger partial charge in [0.1, 0.15) is 5.66 Å². The first-order valence-electron chi connectivity index (χ1n) is 6.18. The van der Waals surface area contributed by atoms with Gasteiger partial charge in [0.2, 0.25) is 5.91 Å². The van der Waals surface area contributed by atoms with Crippen LogP contribution in [-0.2, 0) is 4.79 Å². The van der Waals surface area contributed by atoms with Crippen molar-refractivity contribution in [3.63, 3.8) is 0 Å². The van der Waals surface area contributed by atoms with Gasteiger partial charge in [-0.25, -0.2) is 0 Å². The first-order valence-corrected chi connectivity index (χ1v) is 6.55. The van der Waals surface area contributed by atoms with E-state index in [-0.39, 0.29) is 24.3 Å². The Morgan fingerprint density at radius 2 is 2.11 bits per heavy atom. The van der Waals surface area contributed by atoms with Gasteiger partial charge in [-0.15, -0.1) is 0 Å². The van der Waals surface area contributed by atoms with Crippen molar-refractivity contribution in [1.29, 1.82) is 0 Å². The number of hydrogen-bond donors (Lipinski definition) is 3. The molecule has 1 aromatic rings. The summed E-state index contributed by atoms with van der Waals surface area (Å²) in [6.07, 6.45) is 0.853. The fourth-order valence-electron chi connectivity index (χ4n) is 2.86. The van der Waals surface area contributed by atoms with E-state index in [4.69, 9.17) is 11.6 Å². The molecule has 1 spiro atoms. The molecule has 2 atom stereocenters. The molecule has 1 aromatic carbocycles. The van der Waals surface area contributed by atoms with Crippen molar-refractivity contribution in [3.05, 3.63) is 28.8 Å². The molecule has 3 rings (SSSR count). The highest BCUT2D eigenvalue weighted by Gasteiger charge is 2.43. The molecule has 2 amide bonds. The molecular formula is C13H14ClN3O2. The van der Waals surface area contributed by atoms with Gasteiger partial charge >= 0.3 is 0 Å². The Morgan fingerprint density at radius 1 is 1.32 bits per heavy atom. The third-order valence-corrected chi connectivity index (χ3v) is 3.81. The molecule has 6 heteroatoms. The summed E-state index contributed by atoms with van der Waals surface area (Å²) in [6, 6.07) is 5.27. The van der Waals surface area contributed by atoms with Gasteiger partial charge in [-0.3, -0.25) is 9.59 Å². The number of piperidine rings is 1. The summed E-state index contributed by atoms with van der Waals surface area (Å²) in [4.78, 5) is 23.9. The topological polar surface area (TPSA) is 70.2 Å². The predicted molar refractivity (Wildman–Crippen MR) is 72.1 cm³/mol. The van der Waals surface area contributed by atoms with Crippen molar-refractivity contribution in [3.8, 4) is 0 Å². The molecule has 0 radical (unpaired) electrons. The molecule has 1 saturated heterocycles. The zero-order valence-electron chi connectivity index (χ0n) is 10.4. The monoisotopic (exact) mass is 279 g/mol. The minimum atomic E-state index is -0.712. The summed E-state index contributed by atoms with van der Waals surface area (Å²) >= 11 is 6.04. The first-order chi connectivity index (χ1) is 8.99. The second-order valence-corrected chi connectivity index (χ2v) is 5.58. The Bertz CT molecular complexity index is 575. The lowest BCUT2D eigenvalue weighted by Gasteiger charge is -2.44. The van der Waals surface area contributed by atoms with Crippen molar-refractivity contribution < 1.29 is 9.59 Å². The normalized spacial score (nSPS) is 29.3. The quantitative estimate of drug-likeness (QED) is 0.674. The van der Waals surface area contributed by atoms with Gasteiger partial charge < -0.3 is 16.0 Å². The molecule has 5 nitrogen and oxygen atoms in total. The first kappa shape index (κ1) is 12.3. The Kier molecular flexibility index (Phi) is 2.67. The number of benzene rings is 1. The number of hydrogen-bond acceptors (Lipinski definition) is 3. The van der Waals surface area contributed by atoms with E-state index in [1.165, 1.54) is 0 Å². The zero-order valence-corrected chi connectivity index (χ0v) is 11.2. The number of anilines is 1. The van der Waals surface area contributed by atoms with Crippen molar-refractivity contribution in [2.75, 3.05) is 5.32 Å². The van der Waals surface area contributed by atoms with Crippen molar-refractivity contribution in [2.24, 2.45) is 0 Å². The lowest BCUT2D eigenvalue weighted by molar-refractivity contribution is -0.124. The number of nitrogens with one attached hydrogen (secondary N) is 3. The third-order valence-electron chi connectivity index (χ3n) is 3.49. The molecule has 19 heavy (non-hydrogen) atoms. The highest BCUT2D eigenvalue weighted by atomic mass is 35.5. The van der Waals surface area contributed by atoms with Crippen LogP contribution in [0.25, 0.3) is 0 Å². The van der Waals surface area contributed by atoms with E-state index >= 15 is 0 Å². The van der Waals surface area contributed by atoms with Crippen LogP contribution < -0.4 is 16.0 Å². The number of amides is 2. The Morgan fingerprint density at radius 3 is 2.84 bits per heavy atom. The molecule has 0 aromatic heterocycles. The summed E-state index contributed by atoms with van der Waals surface area (Å²) in [5.41, 5.74) is 0.405. The number of fused-ring (bicyclic) bond motifs is 1. The van der Waals surface area contributed by atoms with Crippen LogP contribution in [0.1, 0.15) is 30.1 Å². The van der Waals surface area contributed by atoms with E-state index < -0.39 is 5.66 Å². The fourth-order valence-corrected chi connectivity index (χ4v) is 3.12. The van der Waals surface area contributed by atoms with Gasteiger partial charge in [0.05, 0.1) is 22.7 Å². The smallest absolute Gasteiger partial charge is 0.256 e. The molecule has 0 aliphatic carbocycles. The number of carbonyl (C=O) groups excluding carboxylic acids is 2. The second-order valence-electron chi connectivity index (χ2n) is 5.17. The van der Waals surface area contributed by atoms with Crippen LogP contribution in [0.5, 0.6) is 0 Å². The van der Waals surface area contributed by atoms with Crippen LogP contribution >= 0.6 is 11.6 Å². The van der Waals surface area contributed by atoms with Gasteiger partial charge in [0.15, 0.2) is 0 Å². The maximum atomic E-state index is 12.2. The van der Waals surface area contributed by atoms with Crippen LogP contribution in [0.4, 0.5) is 5.69 Å². The molecule has 0 bridgehead atoms. The van der Waals surface area contributed by atoms with E-state index in [1.54, 1.807) is 18.2 Å². The van der Waals surface area contributed by atoms with Crippen LogP contribution in [0.2, 0.25) is 5.02 Å². The van der Waals surface area contributed by atoms with Gasteiger partial charge in [0.25, 0.3) is 5.91 Å². The van der Waals surface area contributed by atoms with Gasteiger partial charge in [-0.1, -0.05) is 17.7 Å². The molecule has 100 valence electrons. The SMILES string of the molecule is CC1CC2(CC(=O)N1)NC(=O)c1c(Cl)cccc1N2. The largest absolute Gasteiger partial charge is 0.362 e. The molecule has 1 fully saturated rings. The van der Waals surface area contributed by atoms with Crippen LogP contribution in [0, 0.1) is 0 Å². The van der Waals surface area contributed by atoms with Gasteiger partial charge in [-0.05, 0) is 19.1 Å². The summed E-state index contributed by atoms with van der Waals surface area (Å²) in [6.45, 7) is 1.92. The average molecular weight is 280 g/mol.